The molecule has 0 aliphatic heterocycles. The third-order valence-corrected chi connectivity index (χ3v) is 5.13. The third kappa shape index (κ3) is 4.75. The first-order valence-corrected chi connectivity index (χ1v) is 9.47. The summed E-state index contributed by atoms with van der Waals surface area (Å²) < 4.78 is 27.6. The number of amides is 1. The molecule has 0 spiro atoms. The molecule has 2 N–H and O–H groups in total. The van der Waals surface area contributed by atoms with E-state index in [2.05, 4.69) is 26.6 Å². The minimum Gasteiger partial charge on any atom is -0.322 e. The SMILES string of the molecule is O=C(CN[C@H](c1ccc(F)cc1)c1cccs1)Nc1ccc(Br)cc1F. The largest absolute Gasteiger partial charge is 0.322 e. The van der Waals surface area contributed by atoms with Crippen molar-refractivity contribution < 1.29 is 13.6 Å². The van der Waals surface area contributed by atoms with Crippen LogP contribution in [0.2, 0.25) is 0 Å². The Labute approximate surface area is 162 Å². The van der Waals surface area contributed by atoms with Crippen LogP contribution in [0.4, 0.5) is 14.5 Å². The molecular weight excluding hydrogens is 422 g/mol. The number of hydrogen-bond acceptors (Lipinski definition) is 3. The molecule has 7 heteroatoms. The molecule has 0 bridgehead atoms. The lowest BCUT2D eigenvalue weighted by atomic mass is 10.1. The van der Waals surface area contributed by atoms with Crippen LogP contribution in [0, 0.1) is 11.6 Å². The topological polar surface area (TPSA) is 41.1 Å². The summed E-state index contributed by atoms with van der Waals surface area (Å²) in [5, 5.41) is 7.63. The van der Waals surface area contributed by atoms with Gasteiger partial charge in [0.1, 0.15) is 11.6 Å². The minimum absolute atomic E-state index is 0.0184. The van der Waals surface area contributed by atoms with Crippen molar-refractivity contribution in [2.24, 2.45) is 0 Å². The van der Waals surface area contributed by atoms with Gasteiger partial charge in [-0.1, -0.05) is 34.1 Å². The van der Waals surface area contributed by atoms with Crippen molar-refractivity contribution in [2.75, 3.05) is 11.9 Å². The first-order chi connectivity index (χ1) is 12.5. The van der Waals surface area contributed by atoms with E-state index in [1.807, 2.05) is 17.5 Å². The molecule has 0 aliphatic rings. The first kappa shape index (κ1) is 18.7. The fourth-order valence-corrected chi connectivity index (χ4v) is 3.63. The molecular formula is C19H15BrF2N2OS. The molecule has 134 valence electrons. The van der Waals surface area contributed by atoms with E-state index in [4.69, 9.17) is 0 Å². The highest BCUT2D eigenvalue weighted by atomic mass is 79.9. The van der Waals surface area contributed by atoms with Gasteiger partial charge in [0.15, 0.2) is 0 Å². The van der Waals surface area contributed by atoms with Crippen molar-refractivity contribution in [2.45, 2.75) is 6.04 Å². The Hall–Kier alpha value is -2.09. The Kier molecular flexibility index (Phi) is 6.13. The van der Waals surface area contributed by atoms with Gasteiger partial charge in [0, 0.05) is 9.35 Å². The molecule has 1 aromatic heterocycles. The molecule has 1 atom stereocenters. The number of halogens is 3. The molecule has 0 radical (unpaired) electrons. The molecule has 26 heavy (non-hydrogen) atoms. The van der Waals surface area contributed by atoms with Gasteiger partial charge < -0.3 is 5.32 Å². The van der Waals surface area contributed by atoms with E-state index in [0.717, 1.165) is 10.4 Å². The van der Waals surface area contributed by atoms with Crippen LogP contribution in [0.1, 0.15) is 16.5 Å². The first-order valence-electron chi connectivity index (χ1n) is 7.80. The maximum atomic E-state index is 13.8. The summed E-state index contributed by atoms with van der Waals surface area (Å²) in [6, 6.07) is 14.2. The number of hydrogen-bond donors (Lipinski definition) is 2. The predicted octanol–water partition coefficient (Wildman–Crippen LogP) is 5.11. The van der Waals surface area contributed by atoms with Gasteiger partial charge in [0.05, 0.1) is 18.3 Å². The maximum Gasteiger partial charge on any atom is 0.238 e. The van der Waals surface area contributed by atoms with Crippen molar-refractivity contribution in [3.63, 3.8) is 0 Å². The summed E-state index contributed by atoms with van der Waals surface area (Å²) in [7, 11) is 0. The number of carbonyl (C=O) groups is 1. The summed E-state index contributed by atoms with van der Waals surface area (Å²) >= 11 is 4.71. The van der Waals surface area contributed by atoms with Crippen LogP contribution >= 0.6 is 27.3 Å². The van der Waals surface area contributed by atoms with E-state index in [-0.39, 0.29) is 30.0 Å². The molecule has 3 rings (SSSR count). The summed E-state index contributed by atoms with van der Waals surface area (Å²) in [4.78, 5) is 13.2. The molecule has 0 aliphatic carbocycles. The Morgan fingerprint density at radius 3 is 2.54 bits per heavy atom. The second-order valence-electron chi connectivity index (χ2n) is 5.55. The quantitative estimate of drug-likeness (QED) is 0.563. The number of nitrogens with one attached hydrogen (secondary N) is 2. The second-order valence-corrected chi connectivity index (χ2v) is 7.45. The zero-order chi connectivity index (χ0) is 18.5. The van der Waals surface area contributed by atoms with Gasteiger partial charge in [0.25, 0.3) is 0 Å². The monoisotopic (exact) mass is 436 g/mol. The molecule has 0 saturated heterocycles. The Bertz CT molecular complexity index is 885. The Balaban J connectivity index is 1.69. The average molecular weight is 437 g/mol. The second kappa shape index (κ2) is 8.53. The van der Waals surface area contributed by atoms with Gasteiger partial charge in [-0.3, -0.25) is 10.1 Å². The average Bonchev–Trinajstić information content (AvgIpc) is 3.13. The highest BCUT2D eigenvalue weighted by molar-refractivity contribution is 9.10. The zero-order valence-corrected chi connectivity index (χ0v) is 15.9. The van der Waals surface area contributed by atoms with Gasteiger partial charge in [-0.25, -0.2) is 8.78 Å². The van der Waals surface area contributed by atoms with Crippen LogP contribution in [-0.4, -0.2) is 12.5 Å². The standard InChI is InChI=1S/C19H15BrF2N2OS/c20-13-5-8-16(15(22)10-13)24-18(25)11-23-19(17-2-1-9-26-17)12-3-6-14(21)7-4-12/h1-10,19,23H,11H2,(H,24,25)/t19-/m1/s1. The summed E-state index contributed by atoms with van der Waals surface area (Å²) in [6.07, 6.45) is 0. The van der Waals surface area contributed by atoms with E-state index in [9.17, 15) is 13.6 Å². The Morgan fingerprint density at radius 2 is 1.88 bits per heavy atom. The van der Waals surface area contributed by atoms with Crippen molar-refractivity contribution in [3.05, 3.63) is 86.5 Å². The minimum atomic E-state index is -0.513. The highest BCUT2D eigenvalue weighted by Gasteiger charge is 2.17. The number of rotatable bonds is 6. The predicted molar refractivity (Wildman–Crippen MR) is 103 cm³/mol. The van der Waals surface area contributed by atoms with Crippen LogP contribution in [0.5, 0.6) is 0 Å². The molecule has 3 aromatic rings. The normalized spacial score (nSPS) is 12.0. The van der Waals surface area contributed by atoms with Crippen molar-refractivity contribution in [1.82, 2.24) is 5.32 Å². The van der Waals surface area contributed by atoms with E-state index >= 15 is 0 Å². The van der Waals surface area contributed by atoms with E-state index < -0.39 is 5.82 Å². The van der Waals surface area contributed by atoms with Crippen LogP contribution in [0.25, 0.3) is 0 Å². The number of carbonyl (C=O) groups excluding carboxylic acids is 1. The van der Waals surface area contributed by atoms with Crippen LogP contribution < -0.4 is 10.6 Å². The van der Waals surface area contributed by atoms with Crippen LogP contribution in [0.3, 0.4) is 0 Å². The van der Waals surface area contributed by atoms with Crippen molar-refractivity contribution in [3.8, 4) is 0 Å². The van der Waals surface area contributed by atoms with Crippen LogP contribution in [-0.2, 0) is 4.79 Å². The lowest BCUT2D eigenvalue weighted by Gasteiger charge is -2.18. The van der Waals surface area contributed by atoms with Gasteiger partial charge in [-0.15, -0.1) is 11.3 Å². The smallest absolute Gasteiger partial charge is 0.238 e. The molecule has 0 saturated carbocycles. The van der Waals surface area contributed by atoms with Crippen LogP contribution in [0.15, 0.2) is 64.5 Å². The van der Waals surface area contributed by atoms with Gasteiger partial charge in [-0.05, 0) is 47.3 Å². The summed E-state index contributed by atoms with van der Waals surface area (Å²) in [5.74, 6) is -1.20. The zero-order valence-electron chi connectivity index (χ0n) is 13.5. The highest BCUT2D eigenvalue weighted by Crippen LogP contribution is 2.26. The molecule has 2 aromatic carbocycles. The molecule has 0 unspecified atom stereocenters. The van der Waals surface area contributed by atoms with Crippen molar-refractivity contribution in [1.29, 1.82) is 0 Å². The molecule has 3 nitrogen and oxygen atoms in total. The Morgan fingerprint density at radius 1 is 1.12 bits per heavy atom. The van der Waals surface area contributed by atoms with E-state index in [0.29, 0.717) is 4.47 Å². The number of thiophene rings is 1. The fourth-order valence-electron chi connectivity index (χ4n) is 2.47. The summed E-state index contributed by atoms with van der Waals surface area (Å²) in [5.41, 5.74) is 0.964. The van der Waals surface area contributed by atoms with E-state index in [1.165, 1.54) is 35.6 Å². The van der Waals surface area contributed by atoms with Crippen molar-refractivity contribution >= 4 is 38.9 Å². The van der Waals surface area contributed by atoms with E-state index in [1.54, 1.807) is 18.2 Å². The molecule has 1 heterocycles. The fraction of sp³-hybridized carbons (Fsp3) is 0.105. The number of benzene rings is 2. The van der Waals surface area contributed by atoms with Gasteiger partial charge >= 0.3 is 0 Å². The van der Waals surface area contributed by atoms with Gasteiger partial charge in [-0.2, -0.15) is 0 Å². The number of anilines is 1. The maximum absolute atomic E-state index is 13.8. The lowest BCUT2D eigenvalue weighted by Crippen LogP contribution is -2.31. The lowest BCUT2D eigenvalue weighted by molar-refractivity contribution is -0.115. The summed E-state index contributed by atoms with van der Waals surface area (Å²) in [6.45, 7) is -0.0184. The van der Waals surface area contributed by atoms with Gasteiger partial charge in [0.2, 0.25) is 5.91 Å². The third-order valence-electron chi connectivity index (χ3n) is 3.70. The molecule has 0 fully saturated rings. The molecule has 1 amide bonds.